The number of rotatable bonds is 7. The molecule has 0 atom stereocenters. The molecular weight excluding hydrogens is 316 g/mol. The molecule has 0 amide bonds. The first-order valence-corrected chi connectivity index (χ1v) is 8.86. The molecule has 0 saturated carbocycles. The van der Waals surface area contributed by atoms with Gasteiger partial charge in [0.2, 0.25) is 5.13 Å². The van der Waals surface area contributed by atoms with Crippen LogP contribution in [0.4, 0.5) is 5.13 Å². The van der Waals surface area contributed by atoms with E-state index in [1.54, 1.807) is 23.1 Å². The van der Waals surface area contributed by atoms with Crippen LogP contribution in [0.15, 0.2) is 45.3 Å². The van der Waals surface area contributed by atoms with E-state index in [2.05, 4.69) is 27.6 Å². The molecule has 0 saturated heterocycles. The van der Waals surface area contributed by atoms with E-state index in [1.165, 1.54) is 0 Å². The normalized spacial score (nSPS) is 10.8. The molecule has 22 heavy (non-hydrogen) atoms. The van der Waals surface area contributed by atoms with E-state index in [4.69, 9.17) is 4.52 Å². The zero-order valence-corrected chi connectivity index (χ0v) is 13.8. The highest BCUT2D eigenvalue weighted by molar-refractivity contribution is 8.00. The van der Waals surface area contributed by atoms with Crippen LogP contribution in [0.5, 0.6) is 0 Å². The molecule has 0 spiro atoms. The predicted octanol–water partition coefficient (Wildman–Crippen LogP) is 4.31. The number of hydrogen-bond acceptors (Lipinski definition) is 7. The highest BCUT2D eigenvalue weighted by Gasteiger charge is 2.09. The molecule has 2 heterocycles. The number of hydrogen-bond donors (Lipinski definition) is 1. The molecule has 114 valence electrons. The summed E-state index contributed by atoms with van der Waals surface area (Å²) in [7, 11) is 0. The Labute approximate surface area is 137 Å². The summed E-state index contributed by atoms with van der Waals surface area (Å²) in [5.74, 6) is 1.51. The van der Waals surface area contributed by atoms with Gasteiger partial charge in [0.15, 0.2) is 10.1 Å². The molecule has 3 rings (SSSR count). The van der Waals surface area contributed by atoms with Crippen LogP contribution in [0.25, 0.3) is 11.3 Å². The lowest BCUT2D eigenvalue weighted by atomic mass is 10.2. The van der Waals surface area contributed by atoms with E-state index in [1.807, 2.05) is 36.4 Å². The van der Waals surface area contributed by atoms with E-state index >= 15 is 0 Å². The van der Waals surface area contributed by atoms with Crippen molar-refractivity contribution in [3.05, 3.63) is 42.1 Å². The average molecular weight is 332 g/mol. The lowest BCUT2D eigenvalue weighted by Gasteiger charge is -1.95. The molecule has 0 aliphatic carbocycles. The van der Waals surface area contributed by atoms with Gasteiger partial charge >= 0.3 is 0 Å². The predicted molar refractivity (Wildman–Crippen MR) is 90.2 cm³/mol. The van der Waals surface area contributed by atoms with Crippen LogP contribution in [0.3, 0.4) is 0 Å². The van der Waals surface area contributed by atoms with Crippen molar-refractivity contribution in [2.24, 2.45) is 0 Å². The molecule has 7 heteroatoms. The maximum atomic E-state index is 5.39. The average Bonchev–Trinajstić information content (AvgIpc) is 3.21. The molecule has 1 N–H and O–H groups in total. The zero-order chi connectivity index (χ0) is 15.2. The van der Waals surface area contributed by atoms with E-state index in [-0.39, 0.29) is 0 Å². The minimum Gasteiger partial charge on any atom is -0.360 e. The Kier molecular flexibility index (Phi) is 5.07. The lowest BCUT2D eigenvalue weighted by molar-refractivity contribution is 0.426. The van der Waals surface area contributed by atoms with Gasteiger partial charge in [-0.3, -0.25) is 0 Å². The van der Waals surface area contributed by atoms with Crippen LogP contribution < -0.4 is 5.32 Å². The topological polar surface area (TPSA) is 63.8 Å². The Morgan fingerprint density at radius 1 is 1.23 bits per heavy atom. The molecule has 1 aromatic carbocycles. The molecule has 0 bridgehead atoms. The number of nitrogens with zero attached hydrogens (tertiary/aromatic N) is 3. The van der Waals surface area contributed by atoms with Crippen molar-refractivity contribution in [3.63, 3.8) is 0 Å². The molecule has 0 unspecified atom stereocenters. The highest BCUT2D eigenvalue weighted by Crippen LogP contribution is 2.29. The monoisotopic (exact) mass is 332 g/mol. The van der Waals surface area contributed by atoms with E-state index in [9.17, 15) is 0 Å². The van der Waals surface area contributed by atoms with E-state index in [0.29, 0.717) is 0 Å². The molecule has 0 radical (unpaired) electrons. The van der Waals surface area contributed by atoms with Crippen molar-refractivity contribution >= 4 is 28.2 Å². The Hall–Kier alpha value is -1.86. The third kappa shape index (κ3) is 3.86. The third-order valence-corrected chi connectivity index (χ3v) is 4.94. The van der Waals surface area contributed by atoms with Crippen LogP contribution >= 0.6 is 23.1 Å². The minimum atomic E-state index is 0.721. The third-order valence-electron chi connectivity index (χ3n) is 2.89. The molecule has 2 aromatic heterocycles. The van der Waals surface area contributed by atoms with Crippen LogP contribution in [0.2, 0.25) is 0 Å². The zero-order valence-electron chi connectivity index (χ0n) is 12.2. The summed E-state index contributed by atoms with van der Waals surface area (Å²) in [6, 6.07) is 11.9. The molecular formula is C15H16N4OS2. The van der Waals surface area contributed by atoms with Gasteiger partial charge in [-0.05, 0) is 6.42 Å². The fourth-order valence-electron chi connectivity index (χ4n) is 1.83. The molecule has 3 aromatic rings. The van der Waals surface area contributed by atoms with Crippen molar-refractivity contribution < 1.29 is 4.52 Å². The van der Waals surface area contributed by atoms with Crippen LogP contribution in [-0.2, 0) is 5.75 Å². The Morgan fingerprint density at radius 2 is 2.09 bits per heavy atom. The van der Waals surface area contributed by atoms with Gasteiger partial charge in [0.1, 0.15) is 0 Å². The second-order valence-electron chi connectivity index (χ2n) is 4.64. The molecule has 0 aliphatic rings. The number of thioether (sulfide) groups is 1. The van der Waals surface area contributed by atoms with Gasteiger partial charge < -0.3 is 9.84 Å². The Balaban J connectivity index is 1.58. The van der Waals surface area contributed by atoms with Gasteiger partial charge in [-0.25, -0.2) is 0 Å². The summed E-state index contributed by atoms with van der Waals surface area (Å²) in [4.78, 5) is 0. The standard InChI is InChI=1S/C15H16N4OS2/c1-2-8-16-14-17-18-15(22-14)21-10-12-9-13(20-19-12)11-6-4-3-5-7-11/h3-7,9H,2,8,10H2,1H3,(H,16,17). The molecule has 0 fully saturated rings. The summed E-state index contributed by atoms with van der Waals surface area (Å²) in [5.41, 5.74) is 1.94. The largest absolute Gasteiger partial charge is 0.360 e. The van der Waals surface area contributed by atoms with Crippen molar-refractivity contribution in [2.75, 3.05) is 11.9 Å². The molecule has 0 aliphatic heterocycles. The van der Waals surface area contributed by atoms with E-state index < -0.39 is 0 Å². The maximum Gasteiger partial charge on any atom is 0.206 e. The fraction of sp³-hybridized carbons (Fsp3) is 0.267. The maximum absolute atomic E-state index is 5.39. The quantitative estimate of drug-likeness (QED) is 0.651. The summed E-state index contributed by atoms with van der Waals surface area (Å²) >= 11 is 3.19. The number of benzene rings is 1. The summed E-state index contributed by atoms with van der Waals surface area (Å²) in [6.07, 6.45) is 1.07. The van der Waals surface area contributed by atoms with Crippen molar-refractivity contribution in [3.8, 4) is 11.3 Å². The lowest BCUT2D eigenvalue weighted by Crippen LogP contribution is -1.98. The number of aromatic nitrogens is 3. The first-order valence-electron chi connectivity index (χ1n) is 7.06. The van der Waals surface area contributed by atoms with Gasteiger partial charge in [-0.15, -0.1) is 10.2 Å². The van der Waals surface area contributed by atoms with Crippen LogP contribution in [-0.4, -0.2) is 21.9 Å². The smallest absolute Gasteiger partial charge is 0.206 e. The number of anilines is 1. The van der Waals surface area contributed by atoms with Crippen molar-refractivity contribution in [1.29, 1.82) is 0 Å². The van der Waals surface area contributed by atoms with Gasteiger partial charge in [0.05, 0.1) is 5.69 Å². The van der Waals surface area contributed by atoms with Gasteiger partial charge in [-0.2, -0.15) is 0 Å². The molecule has 5 nitrogen and oxygen atoms in total. The van der Waals surface area contributed by atoms with E-state index in [0.717, 1.165) is 45.2 Å². The second kappa shape index (κ2) is 7.42. The van der Waals surface area contributed by atoms with Gasteiger partial charge in [0.25, 0.3) is 0 Å². The first-order chi connectivity index (χ1) is 10.8. The summed E-state index contributed by atoms with van der Waals surface area (Å²) < 4.78 is 6.32. The first kappa shape index (κ1) is 15.1. The van der Waals surface area contributed by atoms with Crippen molar-refractivity contribution in [2.45, 2.75) is 23.4 Å². The SMILES string of the molecule is CCCNc1nnc(SCc2cc(-c3ccccc3)on2)s1. The van der Waals surface area contributed by atoms with Crippen molar-refractivity contribution in [1.82, 2.24) is 15.4 Å². The highest BCUT2D eigenvalue weighted by atomic mass is 32.2. The summed E-state index contributed by atoms with van der Waals surface area (Å²) in [5, 5.41) is 16.5. The number of nitrogens with one attached hydrogen (secondary N) is 1. The fourth-order valence-corrected chi connectivity index (χ4v) is 3.48. The van der Waals surface area contributed by atoms with Crippen LogP contribution in [0, 0.1) is 0 Å². The van der Waals surface area contributed by atoms with Gasteiger partial charge in [0, 0.05) is 23.9 Å². The van der Waals surface area contributed by atoms with Gasteiger partial charge in [-0.1, -0.05) is 65.5 Å². The Morgan fingerprint density at radius 3 is 2.91 bits per heavy atom. The van der Waals surface area contributed by atoms with Crippen LogP contribution in [0.1, 0.15) is 19.0 Å². The second-order valence-corrected chi connectivity index (χ2v) is 6.84. The Bertz CT molecular complexity index is 711. The minimum absolute atomic E-state index is 0.721. The summed E-state index contributed by atoms with van der Waals surface area (Å²) in [6.45, 7) is 3.04.